The van der Waals surface area contributed by atoms with E-state index < -0.39 is 0 Å². The molecule has 0 aromatic heterocycles. The van der Waals surface area contributed by atoms with Crippen LogP contribution in [0.3, 0.4) is 0 Å². The molecule has 0 bridgehead atoms. The summed E-state index contributed by atoms with van der Waals surface area (Å²) in [6.45, 7) is 11.4. The molecule has 0 aliphatic heterocycles. The highest BCUT2D eigenvalue weighted by Crippen LogP contribution is 2.19. The highest BCUT2D eigenvalue weighted by atomic mass is 127. The number of hydrogen-bond donors (Lipinski definition) is 2. The number of aliphatic imine (C=N–C) groups is 1. The molecule has 7 heteroatoms. The van der Waals surface area contributed by atoms with E-state index in [9.17, 15) is 0 Å². The van der Waals surface area contributed by atoms with E-state index >= 15 is 0 Å². The normalized spacial score (nSPS) is 11.2. The molecule has 0 saturated heterocycles. The third kappa shape index (κ3) is 13.2. The molecular weight excluding hydrogens is 469 g/mol. The Labute approximate surface area is 187 Å². The van der Waals surface area contributed by atoms with Crippen LogP contribution in [-0.4, -0.2) is 52.6 Å². The Morgan fingerprint density at radius 1 is 1.07 bits per heavy atom. The van der Waals surface area contributed by atoms with Crippen LogP contribution in [0, 0.1) is 5.92 Å². The first-order valence-corrected chi connectivity index (χ1v) is 9.96. The fraction of sp³-hybridized carbons (Fsp3) is 0.667. The van der Waals surface area contributed by atoms with Crippen molar-refractivity contribution in [3.8, 4) is 5.75 Å². The average molecular weight is 507 g/mol. The Bertz CT molecular complexity index is 527. The van der Waals surface area contributed by atoms with Gasteiger partial charge in [0.2, 0.25) is 0 Å². The Morgan fingerprint density at radius 3 is 2.57 bits per heavy atom. The molecule has 0 aliphatic carbocycles. The van der Waals surface area contributed by atoms with Crippen molar-refractivity contribution < 1.29 is 14.2 Å². The fourth-order valence-corrected chi connectivity index (χ4v) is 2.31. The number of para-hydroxylation sites is 1. The van der Waals surface area contributed by atoms with Crippen molar-refractivity contribution in [1.82, 2.24) is 10.6 Å². The number of methoxy groups -OCH3 is 1. The van der Waals surface area contributed by atoms with Crippen LogP contribution < -0.4 is 15.4 Å². The number of halogens is 1. The number of nitrogens with zero attached hydrogens (tertiary/aromatic N) is 1. The van der Waals surface area contributed by atoms with Crippen molar-refractivity contribution >= 4 is 29.9 Å². The van der Waals surface area contributed by atoms with Gasteiger partial charge in [-0.2, -0.15) is 0 Å². The summed E-state index contributed by atoms with van der Waals surface area (Å²) in [4.78, 5) is 4.69. The van der Waals surface area contributed by atoms with E-state index in [1.165, 1.54) is 0 Å². The van der Waals surface area contributed by atoms with Crippen LogP contribution >= 0.6 is 24.0 Å². The molecule has 0 saturated carbocycles. The minimum Gasteiger partial charge on any atom is -0.493 e. The molecule has 0 unspecified atom stereocenters. The molecule has 0 atom stereocenters. The number of nitrogens with one attached hydrogen (secondary N) is 2. The summed E-state index contributed by atoms with van der Waals surface area (Å²) in [7, 11) is 1.68. The second-order valence-corrected chi connectivity index (χ2v) is 6.72. The van der Waals surface area contributed by atoms with Gasteiger partial charge in [-0.05, 0) is 31.7 Å². The Hall–Kier alpha value is -1.06. The lowest BCUT2D eigenvalue weighted by molar-refractivity contribution is 0.0698. The molecule has 162 valence electrons. The van der Waals surface area contributed by atoms with Gasteiger partial charge in [-0.1, -0.05) is 32.0 Å². The van der Waals surface area contributed by atoms with Crippen molar-refractivity contribution in [2.75, 3.05) is 46.6 Å². The van der Waals surface area contributed by atoms with Gasteiger partial charge in [0.1, 0.15) is 5.75 Å². The molecule has 28 heavy (non-hydrogen) atoms. The summed E-state index contributed by atoms with van der Waals surface area (Å²) in [5, 5.41) is 6.63. The quantitative estimate of drug-likeness (QED) is 0.174. The fourth-order valence-electron chi connectivity index (χ4n) is 2.31. The number of hydrogen-bond acceptors (Lipinski definition) is 4. The highest BCUT2D eigenvalue weighted by Gasteiger charge is 2.04. The molecular formula is C21H38IN3O3. The summed E-state index contributed by atoms with van der Waals surface area (Å²) in [5.74, 6) is 2.37. The van der Waals surface area contributed by atoms with Crippen LogP contribution in [0.5, 0.6) is 5.75 Å². The second kappa shape index (κ2) is 18.0. The summed E-state index contributed by atoms with van der Waals surface area (Å²) in [5.41, 5.74) is 1.10. The van der Waals surface area contributed by atoms with Crippen molar-refractivity contribution in [3.63, 3.8) is 0 Å². The van der Waals surface area contributed by atoms with Gasteiger partial charge in [0.25, 0.3) is 0 Å². The zero-order chi connectivity index (χ0) is 19.7. The van der Waals surface area contributed by atoms with E-state index in [1.807, 2.05) is 18.2 Å². The van der Waals surface area contributed by atoms with Crippen molar-refractivity contribution in [2.45, 2.75) is 40.2 Å². The van der Waals surface area contributed by atoms with Crippen molar-refractivity contribution in [1.29, 1.82) is 0 Å². The lowest BCUT2D eigenvalue weighted by Gasteiger charge is -2.13. The SMILES string of the molecule is CCNC(=NCc1ccccc1OCCC(C)C)NCCCOCCOC.I. The van der Waals surface area contributed by atoms with Crippen LogP contribution in [0.25, 0.3) is 0 Å². The minimum atomic E-state index is 0. The highest BCUT2D eigenvalue weighted by molar-refractivity contribution is 14.0. The lowest BCUT2D eigenvalue weighted by Crippen LogP contribution is -2.38. The van der Waals surface area contributed by atoms with Gasteiger partial charge < -0.3 is 24.8 Å². The van der Waals surface area contributed by atoms with Crippen LogP contribution in [0.1, 0.15) is 39.2 Å². The predicted molar refractivity (Wildman–Crippen MR) is 127 cm³/mol. The maximum atomic E-state index is 5.95. The summed E-state index contributed by atoms with van der Waals surface area (Å²) in [6, 6.07) is 8.12. The maximum absolute atomic E-state index is 5.95. The predicted octanol–water partition coefficient (Wildman–Crippen LogP) is 3.84. The Kier molecular flexibility index (Phi) is 17.3. The first-order chi connectivity index (χ1) is 13.2. The van der Waals surface area contributed by atoms with E-state index in [0.717, 1.165) is 49.8 Å². The van der Waals surface area contributed by atoms with Gasteiger partial charge in [-0.25, -0.2) is 4.99 Å². The van der Waals surface area contributed by atoms with Gasteiger partial charge in [-0.15, -0.1) is 24.0 Å². The first kappa shape index (κ1) is 26.9. The summed E-state index contributed by atoms with van der Waals surface area (Å²) < 4.78 is 16.4. The molecule has 0 fully saturated rings. The van der Waals surface area contributed by atoms with Crippen LogP contribution in [0.4, 0.5) is 0 Å². The van der Waals surface area contributed by atoms with Gasteiger partial charge >= 0.3 is 0 Å². The number of guanidine groups is 1. The Balaban J connectivity index is 0.00000729. The smallest absolute Gasteiger partial charge is 0.191 e. The third-order valence-electron chi connectivity index (χ3n) is 3.87. The first-order valence-electron chi connectivity index (χ1n) is 9.96. The zero-order valence-electron chi connectivity index (χ0n) is 17.8. The van der Waals surface area contributed by atoms with Crippen LogP contribution in [-0.2, 0) is 16.0 Å². The molecule has 0 aliphatic rings. The molecule has 1 aromatic carbocycles. The lowest BCUT2D eigenvalue weighted by atomic mass is 10.1. The van der Waals surface area contributed by atoms with Gasteiger partial charge in [0, 0.05) is 32.4 Å². The maximum Gasteiger partial charge on any atom is 0.191 e. The summed E-state index contributed by atoms with van der Waals surface area (Å²) in [6.07, 6.45) is 1.97. The largest absolute Gasteiger partial charge is 0.493 e. The Morgan fingerprint density at radius 2 is 1.86 bits per heavy atom. The van der Waals surface area contributed by atoms with Gasteiger partial charge in [0.05, 0.1) is 26.4 Å². The van der Waals surface area contributed by atoms with E-state index in [0.29, 0.717) is 32.3 Å². The van der Waals surface area contributed by atoms with E-state index in [1.54, 1.807) is 7.11 Å². The van der Waals surface area contributed by atoms with E-state index in [-0.39, 0.29) is 24.0 Å². The molecule has 0 radical (unpaired) electrons. The van der Waals surface area contributed by atoms with E-state index in [4.69, 9.17) is 14.2 Å². The van der Waals surface area contributed by atoms with Gasteiger partial charge in [-0.3, -0.25) is 0 Å². The molecule has 0 spiro atoms. The second-order valence-electron chi connectivity index (χ2n) is 6.72. The average Bonchev–Trinajstić information content (AvgIpc) is 2.66. The third-order valence-corrected chi connectivity index (χ3v) is 3.87. The van der Waals surface area contributed by atoms with Gasteiger partial charge in [0.15, 0.2) is 5.96 Å². The van der Waals surface area contributed by atoms with Crippen molar-refractivity contribution in [2.24, 2.45) is 10.9 Å². The van der Waals surface area contributed by atoms with Crippen LogP contribution in [0.15, 0.2) is 29.3 Å². The number of benzene rings is 1. The summed E-state index contributed by atoms with van der Waals surface area (Å²) >= 11 is 0. The van der Waals surface area contributed by atoms with E-state index in [2.05, 4.69) is 42.5 Å². The minimum absolute atomic E-state index is 0. The molecule has 6 nitrogen and oxygen atoms in total. The monoisotopic (exact) mass is 507 g/mol. The molecule has 0 heterocycles. The number of rotatable bonds is 14. The molecule has 2 N–H and O–H groups in total. The molecule has 1 rings (SSSR count). The topological polar surface area (TPSA) is 64.1 Å². The van der Waals surface area contributed by atoms with Crippen LogP contribution in [0.2, 0.25) is 0 Å². The molecule has 1 aromatic rings. The molecule has 0 amide bonds. The van der Waals surface area contributed by atoms with Crippen molar-refractivity contribution in [3.05, 3.63) is 29.8 Å². The zero-order valence-corrected chi connectivity index (χ0v) is 20.2. The number of ether oxygens (including phenoxy) is 3. The standard InChI is InChI=1S/C21H37N3O3.HI/c1-5-22-21(23-12-8-13-26-16-15-25-4)24-17-19-9-6-7-10-20(19)27-14-11-18(2)3;/h6-7,9-10,18H,5,8,11-17H2,1-4H3,(H2,22,23,24);1H.